The number of rotatable bonds is 2. The van der Waals surface area contributed by atoms with Crippen LogP contribution < -0.4 is 5.73 Å². The summed E-state index contributed by atoms with van der Waals surface area (Å²) >= 11 is 0. The molecular weight excluding hydrogens is 324 g/mol. The van der Waals surface area contributed by atoms with Crippen LogP contribution in [0.3, 0.4) is 0 Å². The zero-order chi connectivity index (χ0) is 15.8. The van der Waals surface area contributed by atoms with Gasteiger partial charge in [-0.1, -0.05) is 29.8 Å². The van der Waals surface area contributed by atoms with Gasteiger partial charge in [0.1, 0.15) is 6.04 Å². The first-order chi connectivity index (χ1) is 9.74. The number of carbonyl (C=O) groups excluding carboxylic acids is 1. The molecule has 0 bridgehead atoms. The van der Waals surface area contributed by atoms with Crippen LogP contribution in [-0.2, 0) is 14.6 Å². The van der Waals surface area contributed by atoms with E-state index in [0.29, 0.717) is 0 Å². The summed E-state index contributed by atoms with van der Waals surface area (Å²) in [7, 11) is -3.11. The minimum absolute atomic E-state index is 0. The Labute approximate surface area is 138 Å². The first-order valence-electron chi connectivity index (χ1n) is 7.08. The van der Waals surface area contributed by atoms with E-state index in [-0.39, 0.29) is 36.7 Å². The Balaban J connectivity index is 0.00000242. The quantitative estimate of drug-likeness (QED) is 0.878. The summed E-state index contributed by atoms with van der Waals surface area (Å²) in [5, 5.41) is -0.555. The van der Waals surface area contributed by atoms with E-state index >= 15 is 0 Å². The van der Waals surface area contributed by atoms with Gasteiger partial charge in [-0.3, -0.25) is 4.79 Å². The molecule has 0 radical (unpaired) electrons. The molecule has 124 valence electrons. The zero-order valence-corrected chi connectivity index (χ0v) is 14.7. The fourth-order valence-corrected chi connectivity index (χ4v) is 4.14. The number of halogens is 1. The van der Waals surface area contributed by atoms with Gasteiger partial charge in [0.15, 0.2) is 9.84 Å². The van der Waals surface area contributed by atoms with Crippen LogP contribution in [0.15, 0.2) is 24.3 Å². The molecule has 2 rings (SSSR count). The van der Waals surface area contributed by atoms with Crippen molar-refractivity contribution in [3.8, 4) is 0 Å². The van der Waals surface area contributed by atoms with Crippen LogP contribution in [0.25, 0.3) is 0 Å². The van der Waals surface area contributed by atoms with E-state index in [1.165, 1.54) is 0 Å². The van der Waals surface area contributed by atoms with Crippen LogP contribution in [-0.4, -0.2) is 42.8 Å². The first kappa shape index (κ1) is 18.9. The fraction of sp³-hybridized carbons (Fsp3) is 0.533. The van der Waals surface area contributed by atoms with E-state index in [2.05, 4.69) is 0 Å². The van der Waals surface area contributed by atoms with Gasteiger partial charge in [0.25, 0.3) is 0 Å². The lowest BCUT2D eigenvalue weighted by molar-refractivity contribution is -0.134. The first-order valence-corrected chi connectivity index (χ1v) is 8.80. The molecule has 1 saturated heterocycles. The third kappa shape index (κ3) is 3.62. The summed E-state index contributed by atoms with van der Waals surface area (Å²) in [6.45, 7) is 5.60. The minimum Gasteiger partial charge on any atom is -0.336 e. The average Bonchev–Trinajstić information content (AvgIpc) is 2.44. The topological polar surface area (TPSA) is 80.5 Å². The highest BCUT2D eigenvalue weighted by molar-refractivity contribution is 7.92. The Kier molecular flexibility index (Phi) is 6.01. The van der Waals surface area contributed by atoms with Gasteiger partial charge in [-0.25, -0.2) is 8.42 Å². The summed E-state index contributed by atoms with van der Waals surface area (Å²) in [6, 6.07) is 6.40. The van der Waals surface area contributed by atoms with Gasteiger partial charge < -0.3 is 10.6 Å². The Morgan fingerprint density at radius 3 is 2.36 bits per heavy atom. The van der Waals surface area contributed by atoms with Crippen molar-refractivity contribution >= 4 is 28.2 Å². The van der Waals surface area contributed by atoms with Gasteiger partial charge in [0, 0.05) is 12.6 Å². The number of nitrogens with zero attached hydrogens (tertiary/aromatic N) is 1. The molecule has 0 aliphatic carbocycles. The van der Waals surface area contributed by atoms with Crippen molar-refractivity contribution in [2.45, 2.75) is 38.1 Å². The SMILES string of the molecule is Cc1ccc(C(N)C(=O)N2CCS(=O)(=O)C(C)C2C)cc1.Cl. The van der Waals surface area contributed by atoms with Crippen LogP contribution in [0, 0.1) is 6.92 Å². The number of amides is 1. The van der Waals surface area contributed by atoms with Crippen LogP contribution >= 0.6 is 12.4 Å². The van der Waals surface area contributed by atoms with Crippen LogP contribution in [0.1, 0.15) is 31.0 Å². The average molecular weight is 347 g/mol. The minimum atomic E-state index is -3.11. The van der Waals surface area contributed by atoms with Gasteiger partial charge >= 0.3 is 0 Å². The molecule has 3 unspecified atom stereocenters. The number of carbonyl (C=O) groups is 1. The molecule has 0 spiro atoms. The lowest BCUT2D eigenvalue weighted by Crippen LogP contribution is -2.56. The van der Waals surface area contributed by atoms with Crippen molar-refractivity contribution in [1.29, 1.82) is 0 Å². The summed E-state index contributed by atoms with van der Waals surface area (Å²) in [5.41, 5.74) is 7.90. The molecule has 3 atom stereocenters. The second kappa shape index (κ2) is 6.98. The van der Waals surface area contributed by atoms with Gasteiger partial charge in [0.2, 0.25) is 5.91 Å². The number of hydrogen-bond donors (Lipinski definition) is 1. The lowest BCUT2D eigenvalue weighted by Gasteiger charge is -2.38. The lowest BCUT2D eigenvalue weighted by atomic mass is 10.0. The molecule has 1 aliphatic heterocycles. The van der Waals surface area contributed by atoms with E-state index in [0.717, 1.165) is 11.1 Å². The molecule has 1 heterocycles. The predicted octanol–water partition coefficient (Wildman–Crippen LogP) is 1.45. The maximum absolute atomic E-state index is 12.6. The zero-order valence-electron chi connectivity index (χ0n) is 13.0. The number of benzene rings is 1. The number of sulfone groups is 1. The van der Waals surface area contributed by atoms with Gasteiger partial charge in [0.05, 0.1) is 11.0 Å². The Hall–Kier alpha value is -1.11. The molecule has 0 saturated carbocycles. The standard InChI is InChI=1S/C15H22N2O3S.ClH/c1-10-4-6-13(7-5-10)14(16)15(18)17-8-9-21(19,20)12(3)11(17)2;/h4-7,11-12,14H,8-9,16H2,1-3H3;1H. The summed E-state index contributed by atoms with van der Waals surface area (Å²) in [6.07, 6.45) is 0. The van der Waals surface area contributed by atoms with Crippen molar-refractivity contribution in [1.82, 2.24) is 4.90 Å². The normalized spacial score (nSPS) is 25.2. The third-order valence-electron chi connectivity index (χ3n) is 4.34. The predicted molar refractivity (Wildman–Crippen MR) is 89.8 cm³/mol. The molecular formula is C15H23ClN2O3S. The van der Waals surface area contributed by atoms with E-state index in [9.17, 15) is 13.2 Å². The second-order valence-electron chi connectivity index (χ2n) is 5.73. The van der Waals surface area contributed by atoms with Crippen molar-refractivity contribution in [3.63, 3.8) is 0 Å². The highest BCUT2D eigenvalue weighted by Crippen LogP contribution is 2.23. The summed E-state index contributed by atoms with van der Waals surface area (Å²) < 4.78 is 23.7. The smallest absolute Gasteiger partial charge is 0.244 e. The van der Waals surface area contributed by atoms with Crippen LogP contribution in [0.2, 0.25) is 0 Å². The monoisotopic (exact) mass is 346 g/mol. The molecule has 0 aromatic heterocycles. The maximum atomic E-state index is 12.6. The number of nitrogens with two attached hydrogens (primary N) is 1. The van der Waals surface area contributed by atoms with E-state index in [4.69, 9.17) is 5.73 Å². The number of hydrogen-bond acceptors (Lipinski definition) is 4. The van der Waals surface area contributed by atoms with E-state index in [1.807, 2.05) is 31.2 Å². The second-order valence-corrected chi connectivity index (χ2v) is 8.21. The highest BCUT2D eigenvalue weighted by Gasteiger charge is 2.39. The van der Waals surface area contributed by atoms with Gasteiger partial charge in [-0.05, 0) is 26.3 Å². The fourth-order valence-electron chi connectivity index (χ4n) is 2.57. The van der Waals surface area contributed by atoms with Crippen LogP contribution in [0.4, 0.5) is 0 Å². The van der Waals surface area contributed by atoms with Gasteiger partial charge in [-0.2, -0.15) is 0 Å². The number of aryl methyl sites for hydroxylation is 1. The van der Waals surface area contributed by atoms with E-state index < -0.39 is 21.1 Å². The van der Waals surface area contributed by atoms with Crippen molar-refractivity contribution < 1.29 is 13.2 Å². The largest absolute Gasteiger partial charge is 0.336 e. The molecule has 1 aromatic carbocycles. The molecule has 1 aromatic rings. The van der Waals surface area contributed by atoms with E-state index in [1.54, 1.807) is 18.7 Å². The highest BCUT2D eigenvalue weighted by atomic mass is 35.5. The molecule has 1 fully saturated rings. The molecule has 7 heteroatoms. The van der Waals surface area contributed by atoms with Gasteiger partial charge in [-0.15, -0.1) is 12.4 Å². The Morgan fingerprint density at radius 2 is 1.82 bits per heavy atom. The Morgan fingerprint density at radius 1 is 1.27 bits per heavy atom. The molecule has 1 amide bonds. The maximum Gasteiger partial charge on any atom is 0.244 e. The molecule has 1 aliphatic rings. The third-order valence-corrected chi connectivity index (χ3v) is 6.62. The molecule has 22 heavy (non-hydrogen) atoms. The molecule has 5 nitrogen and oxygen atoms in total. The van der Waals surface area contributed by atoms with Crippen LogP contribution in [0.5, 0.6) is 0 Å². The summed E-state index contributed by atoms with van der Waals surface area (Å²) in [4.78, 5) is 14.2. The van der Waals surface area contributed by atoms with Crippen molar-refractivity contribution in [2.75, 3.05) is 12.3 Å². The molecule has 2 N–H and O–H groups in total. The summed E-state index contributed by atoms with van der Waals surface area (Å²) in [5.74, 6) is -0.210. The van der Waals surface area contributed by atoms with Crippen molar-refractivity contribution in [3.05, 3.63) is 35.4 Å². The van der Waals surface area contributed by atoms with Crippen molar-refractivity contribution in [2.24, 2.45) is 5.73 Å². The Bertz CT molecular complexity index is 631.